The number of thioether (sulfide) groups is 1. The van der Waals surface area contributed by atoms with E-state index < -0.39 is 9.84 Å². The normalized spacial score (nSPS) is 11.4. The Hall–Kier alpha value is -0.930. The lowest BCUT2D eigenvalue weighted by molar-refractivity contribution is 0.0958. The molecule has 6 nitrogen and oxygen atoms in total. The van der Waals surface area contributed by atoms with E-state index in [0.717, 1.165) is 16.3 Å². The molecule has 0 aliphatic heterocycles. The van der Waals surface area contributed by atoms with Crippen LogP contribution >= 0.6 is 23.1 Å². The van der Waals surface area contributed by atoms with E-state index in [1.54, 1.807) is 0 Å². The summed E-state index contributed by atoms with van der Waals surface area (Å²) in [4.78, 5) is 13.3. The van der Waals surface area contributed by atoms with E-state index in [2.05, 4.69) is 10.6 Å². The zero-order valence-electron chi connectivity index (χ0n) is 12.4. The largest absolute Gasteiger partial charge is 0.396 e. The van der Waals surface area contributed by atoms with E-state index in [-0.39, 0.29) is 11.7 Å². The number of amides is 1. The van der Waals surface area contributed by atoms with E-state index >= 15 is 0 Å². The van der Waals surface area contributed by atoms with Crippen molar-refractivity contribution in [2.24, 2.45) is 0 Å². The molecule has 1 amide bonds. The van der Waals surface area contributed by atoms with Gasteiger partial charge in [-0.15, -0.1) is 23.1 Å². The van der Waals surface area contributed by atoms with Crippen LogP contribution in [0.4, 0.5) is 10.7 Å². The first kappa shape index (κ1) is 18.1. The lowest BCUT2D eigenvalue weighted by Crippen LogP contribution is -2.23. The van der Waals surface area contributed by atoms with Gasteiger partial charge in [-0.2, -0.15) is 0 Å². The number of sulfone groups is 1. The van der Waals surface area contributed by atoms with Gasteiger partial charge < -0.3 is 16.4 Å². The minimum atomic E-state index is -3.02. The van der Waals surface area contributed by atoms with Crippen LogP contribution in [0.2, 0.25) is 0 Å². The van der Waals surface area contributed by atoms with Crippen molar-refractivity contribution in [3.8, 4) is 0 Å². The van der Waals surface area contributed by atoms with Crippen LogP contribution in [-0.4, -0.2) is 45.7 Å². The molecule has 1 aromatic rings. The highest BCUT2D eigenvalue weighted by atomic mass is 32.2. The number of anilines is 2. The second kappa shape index (κ2) is 7.90. The number of nitrogens with one attached hydrogen (secondary N) is 2. The van der Waals surface area contributed by atoms with Crippen LogP contribution in [0.5, 0.6) is 0 Å². The van der Waals surface area contributed by atoms with Gasteiger partial charge in [0.05, 0.1) is 16.3 Å². The van der Waals surface area contributed by atoms with E-state index in [1.165, 1.54) is 29.4 Å². The van der Waals surface area contributed by atoms with E-state index in [1.807, 2.05) is 13.2 Å². The average Bonchev–Trinajstić information content (AvgIpc) is 2.71. The summed E-state index contributed by atoms with van der Waals surface area (Å²) in [5, 5.41) is 6.59. The number of carbonyl (C=O) groups excluding carboxylic acids is 1. The Morgan fingerprint density at radius 1 is 1.38 bits per heavy atom. The molecule has 21 heavy (non-hydrogen) atoms. The van der Waals surface area contributed by atoms with Gasteiger partial charge >= 0.3 is 0 Å². The van der Waals surface area contributed by atoms with Gasteiger partial charge in [0.1, 0.15) is 19.7 Å². The molecule has 0 radical (unpaired) electrons. The van der Waals surface area contributed by atoms with Gasteiger partial charge in [-0.05, 0) is 12.7 Å². The Kier molecular flexibility index (Phi) is 6.82. The molecule has 1 heterocycles. The van der Waals surface area contributed by atoms with Crippen molar-refractivity contribution in [3.63, 3.8) is 0 Å². The third kappa shape index (κ3) is 5.40. The monoisotopic (exact) mass is 351 g/mol. The second-order valence-corrected chi connectivity index (χ2v) is 8.62. The van der Waals surface area contributed by atoms with Gasteiger partial charge in [-0.3, -0.25) is 4.79 Å². The summed E-state index contributed by atoms with van der Waals surface area (Å²) in [6.07, 6.45) is 3.91. The molecule has 0 spiro atoms. The number of nitrogens with two attached hydrogens (primary N) is 1. The summed E-state index contributed by atoms with van der Waals surface area (Å²) in [5.41, 5.74) is 6.46. The summed E-state index contributed by atoms with van der Waals surface area (Å²) < 4.78 is 22.3. The molecule has 0 saturated carbocycles. The minimum absolute atomic E-state index is 0.0377. The smallest absolute Gasteiger partial charge is 0.263 e. The zero-order valence-corrected chi connectivity index (χ0v) is 14.8. The molecule has 120 valence electrons. The standard InChI is InChI=1S/C12H21N3O3S3/c1-4-5-14-11(16)9-8(13)10(19-2)12(20-9)15-6-7-21(3,17)18/h15H,4-7,13H2,1-3H3,(H,14,16). The van der Waals surface area contributed by atoms with Crippen molar-refractivity contribution >= 4 is 49.5 Å². The molecular weight excluding hydrogens is 330 g/mol. The molecule has 0 saturated heterocycles. The zero-order chi connectivity index (χ0) is 16.0. The van der Waals surface area contributed by atoms with Crippen LogP contribution in [0.25, 0.3) is 0 Å². The molecule has 0 atom stereocenters. The maximum Gasteiger partial charge on any atom is 0.263 e. The number of rotatable bonds is 8. The van der Waals surface area contributed by atoms with Crippen LogP contribution in [0, 0.1) is 0 Å². The Labute approximate surface area is 133 Å². The summed E-state index contributed by atoms with van der Waals surface area (Å²) in [7, 11) is -3.02. The van der Waals surface area contributed by atoms with Crippen LogP contribution in [0.1, 0.15) is 23.0 Å². The van der Waals surface area contributed by atoms with Crippen molar-refractivity contribution in [1.82, 2.24) is 5.32 Å². The first-order valence-corrected chi connectivity index (χ1v) is 10.6. The fourth-order valence-electron chi connectivity index (χ4n) is 1.59. The number of hydrogen-bond acceptors (Lipinski definition) is 7. The predicted octanol–water partition coefficient (Wildman–Crippen LogP) is 1.65. The third-order valence-electron chi connectivity index (χ3n) is 2.60. The summed E-state index contributed by atoms with van der Waals surface area (Å²) >= 11 is 2.69. The lowest BCUT2D eigenvalue weighted by atomic mass is 10.3. The number of nitrogen functional groups attached to an aromatic ring is 1. The fraction of sp³-hybridized carbons (Fsp3) is 0.583. The first-order chi connectivity index (χ1) is 9.80. The molecule has 0 unspecified atom stereocenters. The number of carbonyl (C=O) groups is 1. The van der Waals surface area contributed by atoms with Crippen molar-refractivity contribution in [3.05, 3.63) is 4.88 Å². The van der Waals surface area contributed by atoms with Crippen molar-refractivity contribution in [1.29, 1.82) is 0 Å². The Bertz CT molecular complexity index is 596. The summed E-state index contributed by atoms with van der Waals surface area (Å²) in [6, 6.07) is 0. The lowest BCUT2D eigenvalue weighted by Gasteiger charge is -2.05. The first-order valence-electron chi connectivity index (χ1n) is 6.46. The minimum Gasteiger partial charge on any atom is -0.396 e. The molecule has 1 rings (SSSR count). The van der Waals surface area contributed by atoms with E-state index in [4.69, 9.17) is 5.73 Å². The average molecular weight is 352 g/mol. The van der Waals surface area contributed by atoms with Crippen molar-refractivity contribution in [2.75, 3.05) is 42.4 Å². The van der Waals surface area contributed by atoms with Crippen LogP contribution in [0.15, 0.2) is 4.90 Å². The quantitative estimate of drug-likeness (QED) is 0.616. The fourth-order valence-corrected chi connectivity index (χ4v) is 4.04. The van der Waals surface area contributed by atoms with E-state index in [9.17, 15) is 13.2 Å². The maximum atomic E-state index is 12.0. The highest BCUT2D eigenvalue weighted by molar-refractivity contribution is 7.99. The Morgan fingerprint density at radius 2 is 2.05 bits per heavy atom. The highest BCUT2D eigenvalue weighted by Gasteiger charge is 2.20. The van der Waals surface area contributed by atoms with Gasteiger partial charge in [0.2, 0.25) is 0 Å². The van der Waals surface area contributed by atoms with Crippen molar-refractivity contribution < 1.29 is 13.2 Å². The molecule has 0 aliphatic rings. The highest BCUT2D eigenvalue weighted by Crippen LogP contribution is 2.41. The molecular formula is C12H21N3O3S3. The molecule has 9 heteroatoms. The molecule has 1 aromatic heterocycles. The molecule has 0 aromatic carbocycles. The summed E-state index contributed by atoms with van der Waals surface area (Å²) in [6.45, 7) is 2.87. The van der Waals surface area contributed by atoms with Crippen molar-refractivity contribution in [2.45, 2.75) is 18.2 Å². The summed E-state index contributed by atoms with van der Waals surface area (Å²) in [5.74, 6) is -0.151. The number of hydrogen-bond donors (Lipinski definition) is 3. The topological polar surface area (TPSA) is 101 Å². The molecule has 0 fully saturated rings. The third-order valence-corrected chi connectivity index (χ3v) is 5.67. The second-order valence-electron chi connectivity index (χ2n) is 4.52. The molecule has 0 bridgehead atoms. The van der Waals surface area contributed by atoms with Crippen LogP contribution < -0.4 is 16.4 Å². The predicted molar refractivity (Wildman–Crippen MR) is 91.3 cm³/mol. The SMILES string of the molecule is CCCNC(=O)c1sc(NCCS(C)(=O)=O)c(SC)c1N. The molecule has 4 N–H and O–H groups in total. The Morgan fingerprint density at radius 3 is 2.57 bits per heavy atom. The van der Waals surface area contributed by atoms with E-state index in [0.29, 0.717) is 23.7 Å². The maximum absolute atomic E-state index is 12.0. The Balaban J connectivity index is 2.87. The van der Waals surface area contributed by atoms with Gasteiger partial charge in [0.25, 0.3) is 5.91 Å². The van der Waals surface area contributed by atoms with Crippen LogP contribution in [-0.2, 0) is 9.84 Å². The number of thiophene rings is 1. The van der Waals surface area contributed by atoms with Gasteiger partial charge in [0, 0.05) is 19.3 Å². The van der Waals surface area contributed by atoms with Gasteiger partial charge in [-0.1, -0.05) is 6.92 Å². The molecule has 0 aliphatic carbocycles. The van der Waals surface area contributed by atoms with Gasteiger partial charge in [0.15, 0.2) is 0 Å². The van der Waals surface area contributed by atoms with Crippen LogP contribution in [0.3, 0.4) is 0 Å². The van der Waals surface area contributed by atoms with Gasteiger partial charge in [-0.25, -0.2) is 8.42 Å².